The summed E-state index contributed by atoms with van der Waals surface area (Å²) < 4.78 is 28.3. The fourth-order valence-corrected chi connectivity index (χ4v) is 3.57. The van der Waals surface area contributed by atoms with E-state index >= 15 is 0 Å². The summed E-state index contributed by atoms with van der Waals surface area (Å²) in [6.45, 7) is 3.67. The lowest BCUT2D eigenvalue weighted by Crippen LogP contribution is -2.15. The zero-order valence-electron chi connectivity index (χ0n) is 14.7. The van der Waals surface area contributed by atoms with Crippen molar-refractivity contribution in [1.29, 1.82) is 0 Å². The van der Waals surface area contributed by atoms with Crippen molar-refractivity contribution in [1.82, 2.24) is 0 Å². The van der Waals surface area contributed by atoms with E-state index in [2.05, 4.69) is 13.8 Å². The van der Waals surface area contributed by atoms with E-state index in [4.69, 9.17) is 16.3 Å². The van der Waals surface area contributed by atoms with Crippen molar-refractivity contribution in [3.63, 3.8) is 0 Å². The molecule has 26 heavy (non-hydrogen) atoms. The van der Waals surface area contributed by atoms with Gasteiger partial charge in [-0.1, -0.05) is 49.7 Å². The van der Waals surface area contributed by atoms with Gasteiger partial charge in [-0.2, -0.15) is 0 Å². The second kappa shape index (κ2) is 8.01. The number of halogens is 1. The van der Waals surface area contributed by atoms with Crippen molar-refractivity contribution in [3.8, 4) is 0 Å². The van der Waals surface area contributed by atoms with Crippen molar-refractivity contribution >= 4 is 33.2 Å². The minimum Gasteiger partial charge on any atom is -0.454 e. The highest BCUT2D eigenvalue weighted by Crippen LogP contribution is 2.23. The van der Waals surface area contributed by atoms with E-state index in [0.717, 1.165) is 17.9 Å². The zero-order chi connectivity index (χ0) is 19.5. The Kier molecular flexibility index (Phi) is 6.21. The van der Waals surface area contributed by atoms with Crippen LogP contribution in [-0.4, -0.2) is 33.0 Å². The van der Waals surface area contributed by atoms with Gasteiger partial charge < -0.3 is 4.74 Å². The molecular formula is C19H19ClO5S. The maximum atomic E-state index is 12.1. The van der Waals surface area contributed by atoms with E-state index in [0.29, 0.717) is 11.5 Å². The van der Waals surface area contributed by atoms with Crippen molar-refractivity contribution in [2.45, 2.75) is 24.7 Å². The molecule has 138 valence electrons. The Hall–Kier alpha value is -2.18. The Morgan fingerprint density at radius 1 is 1.04 bits per heavy atom. The average Bonchev–Trinajstić information content (AvgIpc) is 2.58. The molecular weight excluding hydrogens is 376 g/mol. The first-order chi connectivity index (χ1) is 12.1. The minimum absolute atomic E-state index is 0.0118. The second-order valence-electron chi connectivity index (χ2n) is 6.19. The predicted octanol–water partition coefficient (Wildman–Crippen LogP) is 3.91. The lowest BCUT2D eigenvalue weighted by atomic mass is 10.0. The van der Waals surface area contributed by atoms with Gasteiger partial charge in [-0.05, 0) is 29.7 Å². The van der Waals surface area contributed by atoms with Gasteiger partial charge in [0.2, 0.25) is 0 Å². The first-order valence-electron chi connectivity index (χ1n) is 7.89. The van der Waals surface area contributed by atoms with Crippen LogP contribution in [0.15, 0.2) is 47.4 Å². The van der Waals surface area contributed by atoms with Crippen LogP contribution in [0.25, 0.3) is 0 Å². The van der Waals surface area contributed by atoms with Crippen LogP contribution in [0.5, 0.6) is 0 Å². The number of Topliss-reactive ketones (excluding diaryl/α,β-unsaturated/α-hetero) is 1. The van der Waals surface area contributed by atoms with E-state index in [1.165, 1.54) is 12.1 Å². The average molecular weight is 395 g/mol. The second-order valence-corrected chi connectivity index (χ2v) is 8.58. The summed E-state index contributed by atoms with van der Waals surface area (Å²) in [7, 11) is -3.58. The fourth-order valence-electron chi connectivity index (χ4n) is 2.27. The molecule has 2 aromatic rings. The maximum absolute atomic E-state index is 12.1. The monoisotopic (exact) mass is 394 g/mol. The van der Waals surface area contributed by atoms with Crippen LogP contribution in [0.4, 0.5) is 0 Å². The highest BCUT2D eigenvalue weighted by Gasteiger charge is 2.18. The van der Waals surface area contributed by atoms with Crippen LogP contribution in [0.3, 0.4) is 0 Å². The normalized spacial score (nSPS) is 11.4. The van der Waals surface area contributed by atoms with E-state index in [1.807, 2.05) is 12.1 Å². The Morgan fingerprint density at radius 2 is 1.62 bits per heavy atom. The Balaban J connectivity index is 2.07. The fraction of sp³-hybridized carbons (Fsp3) is 0.263. The topological polar surface area (TPSA) is 77.5 Å². The molecule has 0 saturated heterocycles. The molecule has 2 rings (SSSR count). The molecule has 0 radical (unpaired) electrons. The molecule has 2 aromatic carbocycles. The summed E-state index contributed by atoms with van der Waals surface area (Å²) in [5.41, 5.74) is 1.56. The lowest BCUT2D eigenvalue weighted by molar-refractivity contribution is 0.0474. The molecule has 0 aliphatic carbocycles. The van der Waals surface area contributed by atoms with Gasteiger partial charge in [-0.15, -0.1) is 0 Å². The van der Waals surface area contributed by atoms with Crippen molar-refractivity contribution in [2.24, 2.45) is 0 Å². The van der Waals surface area contributed by atoms with Gasteiger partial charge in [0.1, 0.15) is 0 Å². The highest BCUT2D eigenvalue weighted by atomic mass is 35.5. The largest absolute Gasteiger partial charge is 0.454 e. The SMILES string of the molecule is CC(C)c1ccc(C(=O)COC(=O)c2ccc(Cl)c(S(C)(=O)=O)c2)cc1. The third-order valence-corrected chi connectivity index (χ3v) is 5.38. The van der Waals surface area contributed by atoms with E-state index in [1.54, 1.807) is 12.1 Å². The Morgan fingerprint density at radius 3 is 2.15 bits per heavy atom. The summed E-state index contributed by atoms with van der Waals surface area (Å²) in [6.07, 6.45) is 0.994. The third-order valence-electron chi connectivity index (χ3n) is 3.80. The van der Waals surface area contributed by atoms with Gasteiger partial charge >= 0.3 is 5.97 Å². The maximum Gasteiger partial charge on any atom is 0.338 e. The summed E-state index contributed by atoms with van der Waals surface area (Å²) in [4.78, 5) is 24.1. The number of hydrogen-bond acceptors (Lipinski definition) is 5. The summed E-state index contributed by atoms with van der Waals surface area (Å²) in [6, 6.07) is 10.9. The number of hydrogen-bond donors (Lipinski definition) is 0. The van der Waals surface area contributed by atoms with E-state index in [9.17, 15) is 18.0 Å². The first kappa shape index (κ1) is 20.1. The number of sulfone groups is 1. The van der Waals surface area contributed by atoms with Crippen LogP contribution in [0.2, 0.25) is 5.02 Å². The lowest BCUT2D eigenvalue weighted by Gasteiger charge is -2.08. The molecule has 0 amide bonds. The molecule has 0 aromatic heterocycles. The van der Waals surface area contributed by atoms with Crippen molar-refractivity contribution in [2.75, 3.05) is 12.9 Å². The zero-order valence-corrected chi connectivity index (χ0v) is 16.2. The standard InChI is InChI=1S/C19H19ClO5S/c1-12(2)13-4-6-14(7-5-13)17(21)11-25-19(22)15-8-9-16(20)18(10-15)26(3,23)24/h4-10,12H,11H2,1-3H3. The molecule has 0 heterocycles. The van der Waals surface area contributed by atoms with Gasteiger partial charge in [0.05, 0.1) is 15.5 Å². The minimum atomic E-state index is -3.58. The molecule has 0 saturated carbocycles. The molecule has 0 spiro atoms. The number of ether oxygens (including phenoxy) is 1. The van der Waals surface area contributed by atoms with E-state index in [-0.39, 0.29) is 21.3 Å². The van der Waals surface area contributed by atoms with Gasteiger partial charge in [-0.3, -0.25) is 4.79 Å². The molecule has 0 aliphatic heterocycles. The van der Waals surface area contributed by atoms with E-state index < -0.39 is 22.4 Å². The first-order valence-corrected chi connectivity index (χ1v) is 10.2. The Bertz CT molecular complexity index is 931. The van der Waals surface area contributed by atoms with Crippen LogP contribution in [0, 0.1) is 0 Å². The van der Waals surface area contributed by atoms with Gasteiger partial charge in [0.25, 0.3) is 0 Å². The molecule has 0 aliphatic rings. The van der Waals surface area contributed by atoms with Gasteiger partial charge in [0.15, 0.2) is 22.2 Å². The van der Waals surface area contributed by atoms with Crippen LogP contribution < -0.4 is 0 Å². The number of esters is 1. The smallest absolute Gasteiger partial charge is 0.338 e. The number of carbonyl (C=O) groups is 2. The summed E-state index contributed by atoms with van der Waals surface area (Å²) in [5, 5.41) is 0.0189. The number of benzene rings is 2. The molecule has 5 nitrogen and oxygen atoms in total. The van der Waals surface area contributed by atoms with Crippen LogP contribution >= 0.6 is 11.6 Å². The highest BCUT2D eigenvalue weighted by molar-refractivity contribution is 7.90. The van der Waals surface area contributed by atoms with Gasteiger partial charge in [0, 0.05) is 11.8 Å². The molecule has 7 heteroatoms. The molecule has 0 atom stereocenters. The van der Waals surface area contributed by atoms with Crippen molar-refractivity contribution < 1.29 is 22.7 Å². The molecule has 0 bridgehead atoms. The number of rotatable bonds is 6. The van der Waals surface area contributed by atoms with Gasteiger partial charge in [-0.25, -0.2) is 13.2 Å². The Labute approximate surface area is 157 Å². The molecule has 0 unspecified atom stereocenters. The third kappa shape index (κ3) is 4.93. The van der Waals surface area contributed by atoms with Crippen molar-refractivity contribution in [3.05, 3.63) is 64.2 Å². The number of ketones is 1. The predicted molar refractivity (Wildman–Crippen MR) is 99.7 cm³/mol. The number of carbonyl (C=O) groups excluding carboxylic acids is 2. The van der Waals surface area contributed by atoms with Crippen LogP contribution in [-0.2, 0) is 14.6 Å². The van der Waals surface area contributed by atoms with Crippen LogP contribution in [0.1, 0.15) is 46.0 Å². The molecule has 0 fully saturated rings. The summed E-state index contributed by atoms with van der Waals surface area (Å²) in [5.74, 6) is -0.782. The quantitative estimate of drug-likeness (QED) is 0.548. The summed E-state index contributed by atoms with van der Waals surface area (Å²) >= 11 is 5.84. The molecule has 0 N–H and O–H groups in total.